The van der Waals surface area contributed by atoms with Gasteiger partial charge in [-0.15, -0.1) is 0 Å². The molecule has 0 aliphatic carbocycles. The van der Waals surface area contributed by atoms with Gasteiger partial charge in [0.15, 0.2) is 0 Å². The van der Waals surface area contributed by atoms with Gasteiger partial charge in [0, 0.05) is 5.54 Å². The lowest BCUT2D eigenvalue weighted by atomic mass is 9.80. The monoisotopic (exact) mass is 223 g/mol. The highest BCUT2D eigenvalue weighted by atomic mass is 19.1. The minimum Gasteiger partial charge on any atom is -0.321 e. The molecule has 2 N–H and O–H groups in total. The molecule has 90 valence electrons. The van der Waals surface area contributed by atoms with Crippen molar-refractivity contribution in [2.75, 3.05) is 0 Å². The summed E-state index contributed by atoms with van der Waals surface area (Å²) in [6, 6.07) is 6.68. The molecule has 0 fully saturated rings. The van der Waals surface area contributed by atoms with Crippen LogP contribution in [-0.4, -0.2) is 0 Å². The predicted octanol–water partition coefficient (Wildman–Crippen LogP) is 3.83. The van der Waals surface area contributed by atoms with Gasteiger partial charge in [-0.1, -0.05) is 39.3 Å². The molecule has 2 unspecified atom stereocenters. The number of hydrogen-bond acceptors (Lipinski definition) is 1. The third-order valence-electron chi connectivity index (χ3n) is 3.44. The van der Waals surface area contributed by atoms with E-state index in [4.69, 9.17) is 5.73 Å². The van der Waals surface area contributed by atoms with Crippen molar-refractivity contribution in [3.05, 3.63) is 35.6 Å². The van der Waals surface area contributed by atoms with E-state index in [0.29, 0.717) is 5.92 Å². The van der Waals surface area contributed by atoms with Crippen molar-refractivity contribution in [1.29, 1.82) is 0 Å². The van der Waals surface area contributed by atoms with Crippen molar-refractivity contribution < 1.29 is 4.39 Å². The molecule has 1 aromatic rings. The molecule has 1 nitrogen and oxygen atoms in total. The van der Waals surface area contributed by atoms with Crippen LogP contribution in [0.3, 0.4) is 0 Å². The average Bonchev–Trinajstić information content (AvgIpc) is 2.28. The summed E-state index contributed by atoms with van der Waals surface area (Å²) < 4.78 is 13.2. The quantitative estimate of drug-likeness (QED) is 0.806. The van der Waals surface area contributed by atoms with E-state index in [1.54, 1.807) is 12.1 Å². The zero-order valence-electron chi connectivity index (χ0n) is 10.5. The highest BCUT2D eigenvalue weighted by Crippen LogP contribution is 2.30. The third-order valence-corrected chi connectivity index (χ3v) is 3.44. The zero-order chi connectivity index (χ0) is 12.2. The van der Waals surface area contributed by atoms with Crippen molar-refractivity contribution in [3.8, 4) is 0 Å². The molecule has 0 aliphatic rings. The van der Waals surface area contributed by atoms with Gasteiger partial charge in [0.25, 0.3) is 0 Å². The highest BCUT2D eigenvalue weighted by Gasteiger charge is 2.27. The van der Waals surface area contributed by atoms with E-state index in [1.165, 1.54) is 6.07 Å². The van der Waals surface area contributed by atoms with Gasteiger partial charge in [-0.05, 0) is 36.5 Å². The fraction of sp³-hybridized carbons (Fsp3) is 0.571. The summed E-state index contributed by atoms with van der Waals surface area (Å²) in [6.45, 7) is 6.41. The van der Waals surface area contributed by atoms with E-state index in [-0.39, 0.29) is 5.82 Å². The maximum atomic E-state index is 13.2. The number of nitrogens with two attached hydrogens (primary N) is 1. The van der Waals surface area contributed by atoms with Crippen LogP contribution < -0.4 is 5.73 Å². The Balaban J connectivity index is 2.95. The lowest BCUT2D eigenvalue weighted by molar-refractivity contribution is 0.319. The van der Waals surface area contributed by atoms with Gasteiger partial charge in [-0.25, -0.2) is 4.39 Å². The van der Waals surface area contributed by atoms with E-state index in [2.05, 4.69) is 20.8 Å². The minimum atomic E-state index is -0.391. The second kappa shape index (κ2) is 5.44. The zero-order valence-corrected chi connectivity index (χ0v) is 10.5. The molecule has 16 heavy (non-hydrogen) atoms. The smallest absolute Gasteiger partial charge is 0.123 e. The van der Waals surface area contributed by atoms with Crippen LogP contribution in [0.15, 0.2) is 24.3 Å². The van der Waals surface area contributed by atoms with E-state index < -0.39 is 5.54 Å². The van der Waals surface area contributed by atoms with Gasteiger partial charge in [-0.2, -0.15) is 0 Å². The summed E-state index contributed by atoms with van der Waals surface area (Å²) in [4.78, 5) is 0. The van der Waals surface area contributed by atoms with Gasteiger partial charge >= 0.3 is 0 Å². The Bertz CT molecular complexity index is 337. The van der Waals surface area contributed by atoms with Crippen LogP contribution in [0, 0.1) is 11.7 Å². The van der Waals surface area contributed by atoms with Crippen molar-refractivity contribution in [1.82, 2.24) is 0 Å². The van der Waals surface area contributed by atoms with Crippen molar-refractivity contribution in [2.24, 2.45) is 11.7 Å². The van der Waals surface area contributed by atoms with Crippen LogP contribution in [-0.2, 0) is 5.54 Å². The molecule has 2 atom stereocenters. The maximum Gasteiger partial charge on any atom is 0.123 e. The standard InChI is InChI=1S/C14H22FN/c1-4-11(3)10-14(16,5-2)12-7-6-8-13(15)9-12/h6-9,11H,4-5,10,16H2,1-3H3. The molecule has 0 saturated heterocycles. The molecule has 0 saturated carbocycles. The maximum absolute atomic E-state index is 13.2. The van der Waals surface area contributed by atoms with Gasteiger partial charge in [0.2, 0.25) is 0 Å². The van der Waals surface area contributed by atoms with E-state index in [1.807, 2.05) is 6.07 Å². The summed E-state index contributed by atoms with van der Waals surface area (Å²) in [5.74, 6) is 0.359. The predicted molar refractivity (Wildman–Crippen MR) is 66.6 cm³/mol. The lowest BCUT2D eigenvalue weighted by Gasteiger charge is -2.31. The largest absolute Gasteiger partial charge is 0.321 e. The van der Waals surface area contributed by atoms with Gasteiger partial charge < -0.3 is 5.73 Å². The SMILES string of the molecule is CCC(C)CC(N)(CC)c1cccc(F)c1. The van der Waals surface area contributed by atoms with Crippen LogP contribution in [0.4, 0.5) is 4.39 Å². The van der Waals surface area contributed by atoms with Gasteiger partial charge in [0.1, 0.15) is 5.82 Å². The molecule has 0 heterocycles. The first kappa shape index (κ1) is 13.2. The third kappa shape index (κ3) is 3.05. The Hall–Kier alpha value is -0.890. The summed E-state index contributed by atoms with van der Waals surface area (Å²) in [6.07, 6.45) is 2.85. The van der Waals surface area contributed by atoms with Crippen LogP contribution in [0.1, 0.15) is 45.6 Å². The molecule has 1 aromatic carbocycles. The summed E-state index contributed by atoms with van der Waals surface area (Å²) in [5, 5.41) is 0. The molecule has 0 aromatic heterocycles. The Morgan fingerprint density at radius 3 is 2.56 bits per heavy atom. The molecule has 0 spiro atoms. The molecule has 0 aliphatic heterocycles. The Morgan fingerprint density at radius 1 is 1.38 bits per heavy atom. The molecule has 2 heteroatoms. The summed E-state index contributed by atoms with van der Waals surface area (Å²) in [5.41, 5.74) is 6.92. The number of hydrogen-bond donors (Lipinski definition) is 1. The van der Waals surface area contributed by atoms with Crippen LogP contribution in [0.2, 0.25) is 0 Å². The molecular formula is C14H22FN. The molecular weight excluding hydrogens is 201 g/mol. The molecule has 0 bridgehead atoms. The second-order valence-corrected chi connectivity index (χ2v) is 4.74. The lowest BCUT2D eigenvalue weighted by Crippen LogP contribution is -2.37. The van der Waals surface area contributed by atoms with E-state index >= 15 is 0 Å². The molecule has 1 rings (SSSR count). The first-order chi connectivity index (χ1) is 7.51. The number of benzene rings is 1. The van der Waals surface area contributed by atoms with Gasteiger partial charge in [-0.3, -0.25) is 0 Å². The highest BCUT2D eigenvalue weighted by molar-refractivity contribution is 5.24. The van der Waals surface area contributed by atoms with Crippen molar-refractivity contribution >= 4 is 0 Å². The fourth-order valence-corrected chi connectivity index (χ4v) is 2.03. The van der Waals surface area contributed by atoms with Crippen molar-refractivity contribution in [3.63, 3.8) is 0 Å². The fourth-order valence-electron chi connectivity index (χ4n) is 2.03. The van der Waals surface area contributed by atoms with Crippen LogP contribution in [0.25, 0.3) is 0 Å². The average molecular weight is 223 g/mol. The number of halogens is 1. The summed E-state index contributed by atoms with van der Waals surface area (Å²) in [7, 11) is 0. The van der Waals surface area contributed by atoms with Crippen LogP contribution in [0.5, 0.6) is 0 Å². The van der Waals surface area contributed by atoms with Gasteiger partial charge in [0.05, 0.1) is 0 Å². The first-order valence-electron chi connectivity index (χ1n) is 6.06. The summed E-state index contributed by atoms with van der Waals surface area (Å²) >= 11 is 0. The Kier molecular flexibility index (Phi) is 4.48. The minimum absolute atomic E-state index is 0.204. The molecule has 0 amide bonds. The Morgan fingerprint density at radius 2 is 2.06 bits per heavy atom. The first-order valence-corrected chi connectivity index (χ1v) is 6.06. The van der Waals surface area contributed by atoms with E-state index in [0.717, 1.165) is 24.8 Å². The Labute approximate surface area is 97.9 Å². The second-order valence-electron chi connectivity index (χ2n) is 4.74. The normalized spacial score (nSPS) is 16.8. The topological polar surface area (TPSA) is 26.0 Å². The number of rotatable bonds is 5. The van der Waals surface area contributed by atoms with Crippen LogP contribution >= 0.6 is 0 Å². The van der Waals surface area contributed by atoms with E-state index in [9.17, 15) is 4.39 Å². The van der Waals surface area contributed by atoms with Crippen molar-refractivity contribution in [2.45, 2.75) is 45.6 Å². The molecule has 0 radical (unpaired) electrons.